The van der Waals surface area contributed by atoms with Gasteiger partial charge in [-0.15, -0.1) is 11.6 Å². The van der Waals surface area contributed by atoms with Crippen LogP contribution in [0.25, 0.3) is 0 Å². The molecular weight excluding hydrogens is 1170 g/mol. The average Bonchev–Trinajstić information content (AvgIpc) is 3.12. The third-order valence-corrected chi connectivity index (χ3v) is 12.4. The predicted molar refractivity (Wildman–Crippen MR) is 203 cm³/mol. The van der Waals surface area contributed by atoms with Crippen molar-refractivity contribution in [1.29, 1.82) is 0 Å². The smallest absolute Gasteiger partial charge is 0.549 e. The van der Waals surface area contributed by atoms with Gasteiger partial charge in [0.05, 0.1) is 74.6 Å². The topological polar surface area (TPSA) is 176 Å². The zero-order valence-corrected chi connectivity index (χ0v) is 43.3. The fourth-order valence-electron chi connectivity index (χ4n) is 5.59. The molecule has 0 aromatic heterocycles. The monoisotopic (exact) mass is 1220 g/mol. The summed E-state index contributed by atoms with van der Waals surface area (Å²) in [7, 11) is -2.82. The van der Waals surface area contributed by atoms with E-state index in [1.54, 1.807) is 19.0 Å². The van der Waals surface area contributed by atoms with Gasteiger partial charge in [0.15, 0.2) is 0 Å². The molecule has 0 saturated heterocycles. The Kier molecular flexibility index (Phi) is 31.4. The Hall–Kier alpha value is -1.71. The van der Waals surface area contributed by atoms with Crippen LogP contribution in [0.15, 0.2) is 0 Å². The van der Waals surface area contributed by atoms with E-state index in [1.807, 2.05) is 9.44 Å². The van der Waals surface area contributed by atoms with Crippen LogP contribution in [0.3, 0.4) is 0 Å². The van der Waals surface area contributed by atoms with Crippen molar-refractivity contribution in [2.24, 2.45) is 11.8 Å². The summed E-state index contributed by atoms with van der Waals surface area (Å²) in [6.45, 7) is -0.613. The Bertz CT molecular complexity index is 1890. The number of quaternary nitrogens is 1. The maximum absolute atomic E-state index is 13.9. The van der Waals surface area contributed by atoms with Gasteiger partial charge >= 0.3 is 78.0 Å². The maximum atomic E-state index is 13.9. The summed E-state index contributed by atoms with van der Waals surface area (Å²) in [4.78, 5) is 21.4. The summed E-state index contributed by atoms with van der Waals surface area (Å²) in [5.74, 6) is -23.5. The first-order valence-corrected chi connectivity index (χ1v) is 23.6. The van der Waals surface area contributed by atoms with Gasteiger partial charge in [-0.2, -0.15) is 79.0 Å². The van der Waals surface area contributed by atoms with Crippen LogP contribution in [-0.2, 0) is 29.6 Å². The Balaban J connectivity index is -0.000000601. The van der Waals surface area contributed by atoms with Crippen molar-refractivity contribution in [3.05, 3.63) is 0 Å². The number of nitrogens with zero attached hydrogens (tertiary/aromatic N) is 2. The molecule has 0 amide bonds. The standard InChI is InChI=1S/C17H24F12N2O4S.C15H22F12N2O2S.C2H3ClO2.Na/c1-31(2,9-12(32)33)6-3-5-30-36(34,35)7-4-11(15(21,22)23)8-13(18,19)10-14(20,16(24,25)26)17(27,28)29;1-29(2)6-3-5-28-32(30,31)7-4-10(13(19,20)21)8-11(16,17)9-12(18,14(22,23)24)15(25,26)27;3-1-2(4)5;/h11,30H,3-10H2,1-2H3;10,28H,3-9H2,1-2H3;1H2,(H,4,5);/q;;;+1/p-1. The molecule has 12 nitrogen and oxygen atoms in total. The van der Waals surface area contributed by atoms with Crippen molar-refractivity contribution in [2.75, 3.05) is 78.3 Å². The largest absolute Gasteiger partial charge is 1.00 e. The number of halogens is 25. The van der Waals surface area contributed by atoms with Gasteiger partial charge in [0.1, 0.15) is 6.54 Å². The fraction of sp³-hybridized carbons (Fsp3) is 0.941. The van der Waals surface area contributed by atoms with E-state index >= 15 is 0 Å². The minimum absolute atomic E-state index is 0. The van der Waals surface area contributed by atoms with Gasteiger partial charge < -0.3 is 29.2 Å². The summed E-state index contributed by atoms with van der Waals surface area (Å²) < 4.78 is 362. The zero-order valence-electron chi connectivity index (χ0n) is 38.9. The molecule has 2 atom stereocenters. The molecule has 0 aliphatic heterocycles. The van der Waals surface area contributed by atoms with Crippen LogP contribution < -0.4 is 49.2 Å². The van der Waals surface area contributed by atoms with Crippen LogP contribution in [0, 0.1) is 11.8 Å². The van der Waals surface area contributed by atoms with Crippen LogP contribution in [0.2, 0.25) is 0 Å². The number of rotatable bonds is 27. The van der Waals surface area contributed by atoms with Crippen molar-refractivity contribution in [1.82, 2.24) is 14.3 Å². The first-order valence-electron chi connectivity index (χ1n) is 19.8. The van der Waals surface area contributed by atoms with E-state index < -0.39 is 173 Å². The number of carbonyl (C=O) groups excluding carboxylic acids is 2. The van der Waals surface area contributed by atoms with Gasteiger partial charge in [-0.1, -0.05) is 0 Å². The normalized spacial score (nSPS) is 15.1. The van der Waals surface area contributed by atoms with Gasteiger partial charge in [-0.3, -0.25) is 0 Å². The number of carboxylic acid groups (broad SMARTS) is 2. The molecule has 0 spiro atoms. The van der Waals surface area contributed by atoms with Gasteiger partial charge in [-0.25, -0.2) is 52.6 Å². The van der Waals surface area contributed by atoms with Gasteiger partial charge in [-0.05, 0) is 39.9 Å². The number of alkyl halides is 25. The Morgan fingerprint density at radius 3 is 1.07 bits per heavy atom. The molecule has 0 aliphatic rings. The van der Waals surface area contributed by atoms with Crippen LogP contribution in [0.1, 0.15) is 51.4 Å². The SMILES string of the molecule is CN(C)CCCNS(=O)(=O)CCC(CC(F)(F)CC(F)(C(F)(F)F)C(F)(F)F)C(F)(F)F.C[N+](C)(CCCNS(=O)(=O)CCC(CC(F)(F)CC(F)(C(F)(F)F)C(F)(F)F)C(F)(F)F)CC(=O)[O-].O=C([O-])CCl.[Na+]. The zero-order chi connectivity index (χ0) is 59.1. The molecule has 2 unspecified atom stereocenters. The van der Waals surface area contributed by atoms with Crippen molar-refractivity contribution in [3.8, 4) is 0 Å². The Labute approximate surface area is 434 Å². The number of aliphatic carboxylic acids is 2. The molecule has 0 aliphatic carbocycles. The van der Waals surface area contributed by atoms with Crippen molar-refractivity contribution in [2.45, 2.75) is 112 Å². The average molecular weight is 1220 g/mol. The van der Waals surface area contributed by atoms with E-state index in [0.29, 0.717) is 6.54 Å². The van der Waals surface area contributed by atoms with E-state index in [2.05, 4.69) is 11.6 Å². The summed E-state index contributed by atoms with van der Waals surface area (Å²) in [5.41, 5.74) is -13.0. The molecular formula is C34H48ClF24N4NaO8S2. The Morgan fingerprint density at radius 2 is 0.838 bits per heavy atom. The molecule has 74 heavy (non-hydrogen) atoms. The molecule has 0 radical (unpaired) electrons. The molecule has 2 N–H and O–H groups in total. The number of nitrogens with one attached hydrogen (secondary N) is 2. The van der Waals surface area contributed by atoms with E-state index in [4.69, 9.17) is 9.90 Å². The minimum Gasteiger partial charge on any atom is -0.549 e. The fourth-order valence-corrected chi connectivity index (χ4v) is 7.98. The Morgan fingerprint density at radius 1 is 0.554 bits per heavy atom. The van der Waals surface area contributed by atoms with Crippen molar-refractivity contribution < 1.29 is 176 Å². The summed E-state index contributed by atoms with van der Waals surface area (Å²) in [6.07, 6.45) is -54.6. The van der Waals surface area contributed by atoms with E-state index in [0.717, 1.165) is 0 Å². The quantitative estimate of drug-likeness (QED) is 0.0410. The molecule has 40 heteroatoms. The molecule has 0 aromatic carbocycles. The predicted octanol–water partition coefficient (Wildman–Crippen LogP) is 3.59. The first kappa shape index (κ1) is 78.8. The van der Waals surface area contributed by atoms with Crippen LogP contribution in [-0.4, -0.2) is 177 Å². The van der Waals surface area contributed by atoms with Crippen LogP contribution in [0.5, 0.6) is 0 Å². The van der Waals surface area contributed by atoms with E-state index in [-0.39, 0.29) is 60.0 Å². The van der Waals surface area contributed by atoms with Gasteiger partial charge in [0.2, 0.25) is 20.0 Å². The second-order valence-corrected chi connectivity index (χ2v) is 20.9. The van der Waals surface area contributed by atoms with Crippen LogP contribution in [0.4, 0.5) is 105 Å². The van der Waals surface area contributed by atoms with Crippen LogP contribution >= 0.6 is 11.6 Å². The number of hydrogen-bond donors (Lipinski definition) is 2. The second-order valence-electron chi connectivity index (χ2n) is 16.8. The third-order valence-electron chi connectivity index (χ3n) is 9.32. The molecule has 0 heterocycles. The second kappa shape index (κ2) is 29.5. The molecule has 0 saturated carbocycles. The third kappa shape index (κ3) is 31.0. The van der Waals surface area contributed by atoms with Gasteiger partial charge in [0, 0.05) is 32.4 Å². The number of carboxylic acids is 2. The first-order chi connectivity index (χ1) is 31.8. The molecule has 0 bridgehead atoms. The number of likely N-dealkylation sites (N-methyl/N-ethyl adjacent to an activating group) is 1. The van der Waals surface area contributed by atoms with E-state index in [9.17, 15) is 132 Å². The van der Waals surface area contributed by atoms with Crippen molar-refractivity contribution in [3.63, 3.8) is 0 Å². The summed E-state index contributed by atoms with van der Waals surface area (Å²) in [6, 6.07) is 0. The number of sulfonamides is 2. The maximum Gasteiger partial charge on any atom is 1.00 e. The van der Waals surface area contributed by atoms with E-state index in [1.165, 1.54) is 14.1 Å². The number of carbonyl (C=O) groups is 2. The summed E-state index contributed by atoms with van der Waals surface area (Å²) in [5, 5.41) is 19.7. The molecule has 0 rings (SSSR count). The minimum atomic E-state index is -6.91. The number of hydrogen-bond acceptors (Lipinski definition) is 9. The van der Waals surface area contributed by atoms with Gasteiger partial charge in [0.25, 0.3) is 11.8 Å². The van der Waals surface area contributed by atoms with Crippen molar-refractivity contribution >= 4 is 43.6 Å². The molecule has 0 aromatic rings. The summed E-state index contributed by atoms with van der Waals surface area (Å²) >= 11 is 4.67. The molecule has 440 valence electrons. The molecule has 0 fully saturated rings.